The molecule has 0 aromatic heterocycles. The quantitative estimate of drug-likeness (QED) is 0.710. The van der Waals surface area contributed by atoms with Crippen molar-refractivity contribution in [3.05, 3.63) is 0 Å². The van der Waals surface area contributed by atoms with Gasteiger partial charge in [-0.3, -0.25) is 14.5 Å². The molecular weight excluding hydrogens is 208 g/mol. The summed E-state index contributed by atoms with van der Waals surface area (Å²) in [6.07, 6.45) is 1.38. The second-order valence-electron chi connectivity index (χ2n) is 4.78. The smallest absolute Gasteiger partial charge is 0.317 e. The zero-order valence-electron chi connectivity index (χ0n) is 9.90. The van der Waals surface area contributed by atoms with Crippen molar-refractivity contribution in [3.8, 4) is 0 Å². The van der Waals surface area contributed by atoms with Gasteiger partial charge in [0.1, 0.15) is 0 Å². The van der Waals surface area contributed by atoms with Crippen molar-refractivity contribution in [2.45, 2.75) is 32.7 Å². The van der Waals surface area contributed by atoms with E-state index in [4.69, 9.17) is 5.11 Å². The number of hydrogen-bond acceptors (Lipinski definition) is 3. The largest absolute Gasteiger partial charge is 0.480 e. The molecule has 0 aromatic carbocycles. The van der Waals surface area contributed by atoms with E-state index in [-0.39, 0.29) is 18.5 Å². The van der Waals surface area contributed by atoms with Crippen LogP contribution in [-0.2, 0) is 9.59 Å². The molecule has 1 fully saturated rings. The number of amides is 1. The van der Waals surface area contributed by atoms with Crippen molar-refractivity contribution >= 4 is 11.9 Å². The van der Waals surface area contributed by atoms with Crippen molar-refractivity contribution in [2.75, 3.05) is 19.6 Å². The van der Waals surface area contributed by atoms with E-state index in [9.17, 15) is 9.59 Å². The molecule has 1 saturated heterocycles. The summed E-state index contributed by atoms with van der Waals surface area (Å²) in [6, 6.07) is 0.116. The minimum atomic E-state index is -0.811. The molecule has 16 heavy (non-hydrogen) atoms. The van der Waals surface area contributed by atoms with Gasteiger partial charge in [-0.25, -0.2) is 0 Å². The third-order valence-corrected chi connectivity index (χ3v) is 2.59. The maximum absolute atomic E-state index is 11.5. The minimum absolute atomic E-state index is 0.0660. The second kappa shape index (κ2) is 5.84. The molecule has 0 bridgehead atoms. The Morgan fingerprint density at radius 2 is 2.19 bits per heavy atom. The molecule has 2 N–H and O–H groups in total. The molecule has 92 valence electrons. The molecule has 0 aromatic rings. The number of nitrogens with one attached hydrogen (secondary N) is 1. The van der Waals surface area contributed by atoms with Crippen LogP contribution in [0.25, 0.3) is 0 Å². The highest BCUT2D eigenvalue weighted by molar-refractivity contribution is 5.76. The molecule has 1 aliphatic rings. The van der Waals surface area contributed by atoms with Crippen LogP contribution in [0.15, 0.2) is 0 Å². The third-order valence-electron chi connectivity index (χ3n) is 2.59. The molecule has 5 heteroatoms. The Bertz CT molecular complexity index is 266. The highest BCUT2D eigenvalue weighted by Gasteiger charge is 2.24. The Labute approximate surface area is 95.8 Å². The lowest BCUT2D eigenvalue weighted by atomic mass is 10.1. The number of aliphatic carboxylic acids is 1. The van der Waals surface area contributed by atoms with E-state index >= 15 is 0 Å². The summed E-state index contributed by atoms with van der Waals surface area (Å²) in [5.41, 5.74) is 0. The lowest BCUT2D eigenvalue weighted by Crippen LogP contribution is -2.38. The lowest BCUT2D eigenvalue weighted by molar-refractivity contribution is -0.138. The maximum atomic E-state index is 11.5. The molecule has 1 rings (SSSR count). The SMILES string of the molecule is CC(C)CC(=O)NC1CCN(CC(=O)O)C1. The molecule has 1 unspecified atom stereocenters. The average Bonchev–Trinajstić information content (AvgIpc) is 2.49. The highest BCUT2D eigenvalue weighted by atomic mass is 16.4. The topological polar surface area (TPSA) is 69.6 Å². The zero-order valence-corrected chi connectivity index (χ0v) is 9.90. The van der Waals surface area contributed by atoms with Gasteiger partial charge < -0.3 is 10.4 Å². The van der Waals surface area contributed by atoms with Crippen LogP contribution in [-0.4, -0.2) is 47.6 Å². The van der Waals surface area contributed by atoms with E-state index in [0.717, 1.165) is 13.0 Å². The van der Waals surface area contributed by atoms with Gasteiger partial charge in [0.15, 0.2) is 0 Å². The summed E-state index contributed by atoms with van der Waals surface area (Å²) in [7, 11) is 0. The predicted octanol–water partition coefficient (Wildman–Crippen LogP) is 0.308. The van der Waals surface area contributed by atoms with Crippen molar-refractivity contribution < 1.29 is 14.7 Å². The first-order valence-corrected chi connectivity index (χ1v) is 5.71. The van der Waals surface area contributed by atoms with Gasteiger partial charge in [-0.1, -0.05) is 13.8 Å². The van der Waals surface area contributed by atoms with Crippen LogP contribution in [0.2, 0.25) is 0 Å². The normalized spacial score (nSPS) is 21.3. The van der Waals surface area contributed by atoms with E-state index in [1.54, 1.807) is 0 Å². The van der Waals surface area contributed by atoms with Crippen molar-refractivity contribution in [1.29, 1.82) is 0 Å². The van der Waals surface area contributed by atoms with Crippen LogP contribution in [0.5, 0.6) is 0 Å². The van der Waals surface area contributed by atoms with Gasteiger partial charge in [0.05, 0.1) is 6.54 Å². The molecule has 0 radical (unpaired) electrons. The number of carboxylic acid groups (broad SMARTS) is 1. The summed E-state index contributed by atoms with van der Waals surface area (Å²) in [5, 5.41) is 11.6. The fourth-order valence-corrected chi connectivity index (χ4v) is 1.94. The molecule has 1 amide bonds. The van der Waals surface area contributed by atoms with Crippen LogP contribution in [0.4, 0.5) is 0 Å². The van der Waals surface area contributed by atoms with Crippen molar-refractivity contribution in [3.63, 3.8) is 0 Å². The van der Waals surface area contributed by atoms with Crippen LogP contribution in [0, 0.1) is 5.92 Å². The fourth-order valence-electron chi connectivity index (χ4n) is 1.94. The molecular formula is C11H20N2O3. The first-order valence-electron chi connectivity index (χ1n) is 5.71. The summed E-state index contributed by atoms with van der Waals surface area (Å²) in [5.74, 6) is -0.386. The van der Waals surface area contributed by atoms with E-state index in [1.807, 2.05) is 18.7 Å². The van der Waals surface area contributed by atoms with E-state index in [1.165, 1.54) is 0 Å². The Balaban J connectivity index is 2.25. The number of nitrogens with zero attached hydrogens (tertiary/aromatic N) is 1. The molecule has 0 spiro atoms. The van der Waals surface area contributed by atoms with Crippen molar-refractivity contribution in [1.82, 2.24) is 10.2 Å². The average molecular weight is 228 g/mol. The highest BCUT2D eigenvalue weighted by Crippen LogP contribution is 2.09. The summed E-state index contributed by atoms with van der Waals surface area (Å²) < 4.78 is 0. The zero-order chi connectivity index (χ0) is 12.1. The predicted molar refractivity (Wildman–Crippen MR) is 60.1 cm³/mol. The van der Waals surface area contributed by atoms with Gasteiger partial charge in [-0.2, -0.15) is 0 Å². The number of hydrogen-bond donors (Lipinski definition) is 2. The van der Waals surface area contributed by atoms with E-state index in [0.29, 0.717) is 18.9 Å². The van der Waals surface area contributed by atoms with Gasteiger partial charge >= 0.3 is 5.97 Å². The number of carbonyl (C=O) groups is 2. The molecule has 0 aliphatic carbocycles. The van der Waals surface area contributed by atoms with Gasteiger partial charge in [0.25, 0.3) is 0 Å². The first kappa shape index (κ1) is 13.0. The Morgan fingerprint density at radius 3 is 2.75 bits per heavy atom. The van der Waals surface area contributed by atoms with Crippen LogP contribution < -0.4 is 5.32 Å². The maximum Gasteiger partial charge on any atom is 0.317 e. The van der Waals surface area contributed by atoms with Crippen LogP contribution in [0.3, 0.4) is 0 Å². The molecule has 1 aliphatic heterocycles. The number of carboxylic acids is 1. The summed E-state index contributed by atoms with van der Waals surface area (Å²) in [4.78, 5) is 23.8. The van der Waals surface area contributed by atoms with Crippen molar-refractivity contribution in [2.24, 2.45) is 5.92 Å². The lowest BCUT2D eigenvalue weighted by Gasteiger charge is -2.15. The van der Waals surface area contributed by atoms with Crippen LogP contribution >= 0.6 is 0 Å². The third kappa shape index (κ3) is 4.61. The monoisotopic (exact) mass is 228 g/mol. The summed E-state index contributed by atoms with van der Waals surface area (Å²) in [6.45, 7) is 5.47. The van der Waals surface area contributed by atoms with Gasteiger partial charge in [-0.15, -0.1) is 0 Å². The Morgan fingerprint density at radius 1 is 1.50 bits per heavy atom. The number of rotatable bonds is 5. The van der Waals surface area contributed by atoms with Gasteiger partial charge in [0, 0.05) is 25.6 Å². The Kier molecular flexibility index (Phi) is 4.73. The van der Waals surface area contributed by atoms with Gasteiger partial charge in [-0.05, 0) is 12.3 Å². The summed E-state index contributed by atoms with van der Waals surface area (Å²) >= 11 is 0. The standard InChI is InChI=1S/C11H20N2O3/c1-8(2)5-10(14)12-9-3-4-13(6-9)7-11(15)16/h8-9H,3-7H2,1-2H3,(H,12,14)(H,15,16). The second-order valence-corrected chi connectivity index (χ2v) is 4.78. The van der Waals surface area contributed by atoms with E-state index < -0.39 is 5.97 Å². The first-order chi connectivity index (χ1) is 7.47. The molecule has 0 saturated carbocycles. The molecule has 1 atom stereocenters. The Hall–Kier alpha value is -1.10. The minimum Gasteiger partial charge on any atom is -0.480 e. The van der Waals surface area contributed by atoms with Crippen LogP contribution in [0.1, 0.15) is 26.7 Å². The number of likely N-dealkylation sites (tertiary alicyclic amines) is 1. The molecule has 1 heterocycles. The van der Waals surface area contributed by atoms with E-state index in [2.05, 4.69) is 5.32 Å². The van der Waals surface area contributed by atoms with Gasteiger partial charge in [0.2, 0.25) is 5.91 Å². The number of carbonyl (C=O) groups excluding carboxylic acids is 1. The fraction of sp³-hybridized carbons (Fsp3) is 0.818. The molecule has 5 nitrogen and oxygen atoms in total.